The predicted octanol–water partition coefficient (Wildman–Crippen LogP) is 3.90. The number of rotatable bonds is 3. The van der Waals surface area contributed by atoms with Gasteiger partial charge in [-0.3, -0.25) is 9.78 Å². The van der Waals surface area contributed by atoms with Crippen LogP contribution in [0.1, 0.15) is 21.6 Å². The number of amides is 1. The third-order valence-electron chi connectivity index (χ3n) is 3.45. The third kappa shape index (κ3) is 3.67. The fourth-order valence-electron chi connectivity index (χ4n) is 2.16. The number of nitrogens with zero attached hydrogens (tertiary/aromatic N) is 4. The van der Waals surface area contributed by atoms with Gasteiger partial charge in [0.2, 0.25) is 0 Å². The lowest BCUT2D eigenvalue weighted by atomic mass is 10.1. The minimum absolute atomic E-state index is 0.133. The monoisotopic (exact) mass is 381 g/mol. The number of nitrogens with one attached hydrogen (secondary N) is 1. The summed E-state index contributed by atoms with van der Waals surface area (Å²) >= 11 is 6.03. The zero-order valence-electron chi connectivity index (χ0n) is 13.3. The summed E-state index contributed by atoms with van der Waals surface area (Å²) in [5.74, 6) is -0.265. The molecule has 134 valence electrons. The second kappa shape index (κ2) is 6.75. The number of carbonyl (C=O) groups excluding carboxylic acids is 1. The van der Waals surface area contributed by atoms with Crippen LogP contribution in [-0.2, 0) is 6.18 Å². The van der Waals surface area contributed by atoms with E-state index in [1.54, 1.807) is 12.1 Å². The van der Waals surface area contributed by atoms with Crippen molar-refractivity contribution in [1.82, 2.24) is 19.7 Å². The van der Waals surface area contributed by atoms with E-state index in [1.807, 2.05) is 0 Å². The predicted molar refractivity (Wildman–Crippen MR) is 88.3 cm³/mol. The number of halogens is 4. The molecule has 3 aromatic rings. The molecule has 10 heteroatoms. The highest BCUT2D eigenvalue weighted by molar-refractivity contribution is 6.32. The Kier molecular flexibility index (Phi) is 4.64. The normalized spacial score (nSPS) is 11.4. The van der Waals surface area contributed by atoms with Crippen molar-refractivity contribution < 1.29 is 18.0 Å². The van der Waals surface area contributed by atoms with Gasteiger partial charge in [0, 0.05) is 24.7 Å². The molecule has 1 amide bonds. The van der Waals surface area contributed by atoms with Gasteiger partial charge in [-0.15, -0.1) is 5.10 Å². The first-order chi connectivity index (χ1) is 12.3. The van der Waals surface area contributed by atoms with Crippen LogP contribution in [0.25, 0.3) is 5.82 Å². The minimum Gasteiger partial charge on any atom is -0.305 e. The van der Waals surface area contributed by atoms with Crippen LogP contribution in [0.2, 0.25) is 5.02 Å². The summed E-state index contributed by atoms with van der Waals surface area (Å²) in [6.45, 7) is 1.45. The van der Waals surface area contributed by atoms with Crippen molar-refractivity contribution in [1.29, 1.82) is 0 Å². The van der Waals surface area contributed by atoms with Crippen LogP contribution >= 0.6 is 11.6 Å². The molecule has 0 saturated heterocycles. The Labute approximate surface area is 150 Å². The van der Waals surface area contributed by atoms with Gasteiger partial charge in [-0.2, -0.15) is 13.2 Å². The lowest BCUT2D eigenvalue weighted by Gasteiger charge is -2.10. The summed E-state index contributed by atoms with van der Waals surface area (Å²) in [6, 6.07) is 5.51. The van der Waals surface area contributed by atoms with Gasteiger partial charge < -0.3 is 5.32 Å². The second-order valence-electron chi connectivity index (χ2n) is 5.26. The van der Waals surface area contributed by atoms with Crippen LogP contribution in [0.5, 0.6) is 0 Å². The molecule has 0 saturated carbocycles. The van der Waals surface area contributed by atoms with E-state index in [0.717, 1.165) is 6.07 Å². The SMILES string of the molecule is Cc1ncc(C(F)(F)F)cc1C(=O)Nc1ccn(-c2ncccc2Cl)n1. The highest BCUT2D eigenvalue weighted by Gasteiger charge is 2.32. The summed E-state index contributed by atoms with van der Waals surface area (Å²) in [5.41, 5.74) is -1.02. The Morgan fingerprint density at radius 3 is 2.73 bits per heavy atom. The molecule has 0 aliphatic rings. The summed E-state index contributed by atoms with van der Waals surface area (Å²) < 4.78 is 39.8. The molecule has 0 aromatic carbocycles. The summed E-state index contributed by atoms with van der Waals surface area (Å²) in [6.07, 6.45) is -0.864. The number of aromatic nitrogens is 4. The molecule has 0 atom stereocenters. The van der Waals surface area contributed by atoms with Gasteiger partial charge in [0.25, 0.3) is 5.91 Å². The Bertz CT molecular complexity index is 971. The average Bonchev–Trinajstić information content (AvgIpc) is 3.02. The summed E-state index contributed by atoms with van der Waals surface area (Å²) in [7, 11) is 0. The molecule has 3 heterocycles. The zero-order valence-corrected chi connectivity index (χ0v) is 14.0. The van der Waals surface area contributed by atoms with Crippen molar-refractivity contribution in [2.75, 3.05) is 5.32 Å². The number of anilines is 1. The Morgan fingerprint density at radius 2 is 2.04 bits per heavy atom. The van der Waals surface area contributed by atoms with E-state index in [-0.39, 0.29) is 17.1 Å². The first-order valence-corrected chi connectivity index (χ1v) is 7.65. The molecule has 0 radical (unpaired) electrons. The van der Waals surface area contributed by atoms with Crippen molar-refractivity contribution in [2.45, 2.75) is 13.1 Å². The van der Waals surface area contributed by atoms with Crippen molar-refractivity contribution in [3.63, 3.8) is 0 Å². The molecule has 26 heavy (non-hydrogen) atoms. The second-order valence-corrected chi connectivity index (χ2v) is 5.67. The van der Waals surface area contributed by atoms with E-state index in [2.05, 4.69) is 20.4 Å². The third-order valence-corrected chi connectivity index (χ3v) is 3.74. The van der Waals surface area contributed by atoms with Gasteiger partial charge in [-0.25, -0.2) is 9.67 Å². The molecule has 3 rings (SSSR count). The van der Waals surface area contributed by atoms with Gasteiger partial charge in [0.05, 0.1) is 21.8 Å². The van der Waals surface area contributed by atoms with Crippen molar-refractivity contribution >= 4 is 23.3 Å². The Balaban J connectivity index is 1.85. The zero-order chi connectivity index (χ0) is 18.9. The van der Waals surface area contributed by atoms with E-state index >= 15 is 0 Å². The van der Waals surface area contributed by atoms with Gasteiger partial charge >= 0.3 is 6.18 Å². The Hall–Kier alpha value is -2.94. The topological polar surface area (TPSA) is 72.7 Å². The standard InChI is InChI=1S/C16H11ClF3N5O/c1-9-11(7-10(8-22-9)16(18,19)20)15(26)23-13-4-6-25(24-13)14-12(17)3-2-5-21-14/h2-8H,1H3,(H,23,24,26). The average molecular weight is 382 g/mol. The molecule has 0 fully saturated rings. The Morgan fingerprint density at radius 1 is 1.27 bits per heavy atom. The number of alkyl halides is 3. The minimum atomic E-state index is -4.59. The molecule has 3 aromatic heterocycles. The van der Waals surface area contributed by atoms with Crippen LogP contribution < -0.4 is 5.32 Å². The fraction of sp³-hybridized carbons (Fsp3) is 0.125. The quantitative estimate of drug-likeness (QED) is 0.747. The maximum atomic E-state index is 12.8. The van der Waals surface area contributed by atoms with Crippen LogP contribution in [0.15, 0.2) is 42.9 Å². The maximum Gasteiger partial charge on any atom is 0.417 e. The maximum absolute atomic E-state index is 12.8. The van der Waals surface area contributed by atoms with Crippen LogP contribution in [0.4, 0.5) is 19.0 Å². The van der Waals surface area contributed by atoms with Gasteiger partial charge in [0.1, 0.15) is 0 Å². The van der Waals surface area contributed by atoms with Gasteiger partial charge in [-0.1, -0.05) is 11.6 Å². The van der Waals surface area contributed by atoms with E-state index in [0.29, 0.717) is 17.0 Å². The van der Waals surface area contributed by atoms with E-state index < -0.39 is 17.6 Å². The largest absolute Gasteiger partial charge is 0.417 e. The summed E-state index contributed by atoms with van der Waals surface area (Å²) in [5, 5.41) is 6.89. The molecule has 1 N–H and O–H groups in total. The number of carbonyl (C=O) groups is 1. The van der Waals surface area contributed by atoms with Gasteiger partial charge in [0.15, 0.2) is 11.6 Å². The van der Waals surface area contributed by atoms with Crippen molar-refractivity contribution in [2.24, 2.45) is 0 Å². The van der Waals surface area contributed by atoms with E-state index in [1.165, 1.54) is 30.1 Å². The molecule has 0 aliphatic heterocycles. The smallest absolute Gasteiger partial charge is 0.305 e. The lowest BCUT2D eigenvalue weighted by Crippen LogP contribution is -2.17. The van der Waals surface area contributed by atoms with Crippen LogP contribution in [-0.4, -0.2) is 25.7 Å². The number of pyridine rings is 2. The van der Waals surface area contributed by atoms with E-state index in [4.69, 9.17) is 11.6 Å². The molecular formula is C16H11ClF3N5O. The summed E-state index contributed by atoms with van der Waals surface area (Å²) in [4.78, 5) is 20.0. The number of hydrogen-bond acceptors (Lipinski definition) is 4. The highest BCUT2D eigenvalue weighted by Crippen LogP contribution is 2.29. The van der Waals surface area contributed by atoms with Crippen molar-refractivity contribution in [3.8, 4) is 5.82 Å². The molecule has 0 unspecified atom stereocenters. The fourth-order valence-corrected chi connectivity index (χ4v) is 2.36. The number of aryl methyl sites for hydroxylation is 1. The number of hydrogen-bond donors (Lipinski definition) is 1. The van der Waals surface area contributed by atoms with Crippen molar-refractivity contribution in [3.05, 3.63) is 64.7 Å². The van der Waals surface area contributed by atoms with E-state index in [9.17, 15) is 18.0 Å². The van der Waals surface area contributed by atoms with Crippen LogP contribution in [0, 0.1) is 6.92 Å². The molecule has 0 bridgehead atoms. The lowest BCUT2D eigenvalue weighted by molar-refractivity contribution is -0.137. The molecule has 0 aliphatic carbocycles. The highest BCUT2D eigenvalue weighted by atomic mass is 35.5. The molecular weight excluding hydrogens is 371 g/mol. The van der Waals surface area contributed by atoms with Crippen LogP contribution in [0.3, 0.4) is 0 Å². The first-order valence-electron chi connectivity index (χ1n) is 7.27. The molecule has 6 nitrogen and oxygen atoms in total. The van der Waals surface area contributed by atoms with Gasteiger partial charge in [-0.05, 0) is 25.1 Å². The molecule has 0 spiro atoms. The first kappa shape index (κ1) is 17.9.